The number of rotatable bonds is 4. The third kappa shape index (κ3) is 4.82. The Morgan fingerprint density at radius 2 is 2.00 bits per heavy atom. The minimum atomic E-state index is -0.372. The topological polar surface area (TPSA) is 76.4 Å². The van der Waals surface area contributed by atoms with Crippen molar-refractivity contribution in [2.75, 3.05) is 18.0 Å². The Labute approximate surface area is 208 Å². The van der Waals surface area contributed by atoms with Crippen LogP contribution >= 0.6 is 11.6 Å². The van der Waals surface area contributed by atoms with Gasteiger partial charge in [-0.15, -0.1) is 10.2 Å². The van der Waals surface area contributed by atoms with E-state index in [1.165, 1.54) is 12.3 Å². The lowest BCUT2D eigenvalue weighted by Crippen LogP contribution is -2.34. The second-order valence-electron chi connectivity index (χ2n) is 9.14. The van der Waals surface area contributed by atoms with Crippen molar-refractivity contribution < 1.29 is 13.9 Å². The number of carbonyl (C=O) groups is 1. The molecule has 5 rings (SSSR count). The standard InChI is InChI=1S/C25H28ClFN6O2/c1-3-16(2)35-25(34)32-14-18-12-19(26)4-6-21(18)33-23(15-32)29-30-24(33)17-8-10-31(11-9-17)22-7-5-20(27)13-28-22/h4-7,12-13,16-17H,3,8-11,14-15H2,1-2H3/t16-/m0/s1. The Kier molecular flexibility index (Phi) is 6.60. The first-order valence-corrected chi connectivity index (χ1v) is 12.4. The van der Waals surface area contributed by atoms with Crippen LogP contribution in [0.2, 0.25) is 5.02 Å². The van der Waals surface area contributed by atoms with E-state index in [4.69, 9.17) is 16.3 Å². The summed E-state index contributed by atoms with van der Waals surface area (Å²) in [7, 11) is 0. The lowest BCUT2D eigenvalue weighted by molar-refractivity contribution is 0.0637. The summed E-state index contributed by atoms with van der Waals surface area (Å²) < 4.78 is 20.9. The molecule has 1 atom stereocenters. The molecule has 0 unspecified atom stereocenters. The monoisotopic (exact) mass is 498 g/mol. The summed E-state index contributed by atoms with van der Waals surface area (Å²) >= 11 is 6.33. The number of nitrogens with zero attached hydrogens (tertiary/aromatic N) is 6. The van der Waals surface area contributed by atoms with E-state index in [-0.39, 0.29) is 23.9 Å². The van der Waals surface area contributed by atoms with Crippen molar-refractivity contribution in [3.05, 3.63) is 64.6 Å². The minimum absolute atomic E-state index is 0.168. The van der Waals surface area contributed by atoms with Crippen LogP contribution in [0, 0.1) is 5.82 Å². The number of ether oxygens (including phenoxy) is 1. The van der Waals surface area contributed by atoms with Gasteiger partial charge in [0.1, 0.15) is 23.6 Å². The molecule has 0 N–H and O–H groups in total. The van der Waals surface area contributed by atoms with Crippen molar-refractivity contribution in [3.63, 3.8) is 0 Å². The second-order valence-corrected chi connectivity index (χ2v) is 9.57. The molecular weight excluding hydrogens is 471 g/mol. The number of halogens is 2. The molecule has 3 aromatic rings. The largest absolute Gasteiger partial charge is 0.446 e. The quantitative estimate of drug-likeness (QED) is 0.498. The number of fused-ring (bicyclic) bond motifs is 3. The molecule has 184 valence electrons. The molecule has 4 heterocycles. The van der Waals surface area contributed by atoms with Gasteiger partial charge in [-0.3, -0.25) is 9.47 Å². The van der Waals surface area contributed by atoms with Gasteiger partial charge >= 0.3 is 6.09 Å². The van der Waals surface area contributed by atoms with Gasteiger partial charge in [-0.2, -0.15) is 0 Å². The average Bonchev–Trinajstić information content (AvgIpc) is 3.20. The van der Waals surface area contributed by atoms with Crippen LogP contribution in [0.3, 0.4) is 0 Å². The molecule has 0 aliphatic carbocycles. The summed E-state index contributed by atoms with van der Waals surface area (Å²) in [6.45, 7) is 6.11. The highest BCUT2D eigenvalue weighted by Crippen LogP contribution is 2.34. The van der Waals surface area contributed by atoms with Gasteiger partial charge in [-0.05, 0) is 62.1 Å². The molecule has 0 saturated carbocycles. The van der Waals surface area contributed by atoms with Gasteiger partial charge in [0.25, 0.3) is 0 Å². The molecule has 2 aliphatic rings. The maximum Gasteiger partial charge on any atom is 0.410 e. The van der Waals surface area contributed by atoms with Gasteiger partial charge < -0.3 is 9.64 Å². The van der Waals surface area contributed by atoms with Crippen LogP contribution in [-0.4, -0.2) is 49.9 Å². The van der Waals surface area contributed by atoms with E-state index in [1.54, 1.807) is 11.0 Å². The number of piperidine rings is 1. The summed E-state index contributed by atoms with van der Waals surface area (Å²) in [4.78, 5) is 20.9. The number of carbonyl (C=O) groups excluding carboxylic acids is 1. The smallest absolute Gasteiger partial charge is 0.410 e. The molecular formula is C25H28ClFN6O2. The Balaban J connectivity index is 1.42. The third-order valence-corrected chi connectivity index (χ3v) is 7.00. The van der Waals surface area contributed by atoms with E-state index in [2.05, 4.69) is 24.6 Å². The average molecular weight is 499 g/mol. The van der Waals surface area contributed by atoms with E-state index in [0.29, 0.717) is 23.9 Å². The Hall–Kier alpha value is -3.20. The number of benzene rings is 1. The molecule has 8 nitrogen and oxygen atoms in total. The highest BCUT2D eigenvalue weighted by Gasteiger charge is 2.32. The van der Waals surface area contributed by atoms with Gasteiger partial charge in [0.2, 0.25) is 0 Å². The first kappa shape index (κ1) is 23.5. The van der Waals surface area contributed by atoms with Gasteiger partial charge in [-0.1, -0.05) is 18.5 Å². The molecule has 1 fully saturated rings. The molecule has 1 saturated heterocycles. The number of anilines is 1. The predicted octanol–water partition coefficient (Wildman–Crippen LogP) is 5.09. The fourth-order valence-corrected chi connectivity index (χ4v) is 4.87. The Bertz CT molecular complexity index is 1210. The van der Waals surface area contributed by atoms with Crippen molar-refractivity contribution in [1.82, 2.24) is 24.6 Å². The van der Waals surface area contributed by atoms with Crippen LogP contribution in [0.25, 0.3) is 5.69 Å². The zero-order valence-electron chi connectivity index (χ0n) is 19.8. The SMILES string of the molecule is CC[C@H](C)OC(=O)N1Cc2cc(Cl)ccc2-n2c(nnc2C2CCN(c3ccc(F)cn3)CC2)C1. The van der Waals surface area contributed by atoms with E-state index in [0.717, 1.165) is 55.2 Å². The first-order valence-electron chi connectivity index (χ1n) is 12.0. The molecule has 10 heteroatoms. The summed E-state index contributed by atoms with van der Waals surface area (Å²) in [5.74, 6) is 2.21. The van der Waals surface area contributed by atoms with Gasteiger partial charge in [0.15, 0.2) is 5.82 Å². The van der Waals surface area contributed by atoms with Crippen molar-refractivity contribution >= 4 is 23.5 Å². The van der Waals surface area contributed by atoms with Crippen LogP contribution < -0.4 is 4.90 Å². The van der Waals surface area contributed by atoms with Gasteiger partial charge in [-0.25, -0.2) is 14.2 Å². The number of pyridine rings is 1. The molecule has 1 amide bonds. The molecule has 35 heavy (non-hydrogen) atoms. The number of amides is 1. The second kappa shape index (κ2) is 9.81. The minimum Gasteiger partial charge on any atom is -0.446 e. The van der Waals surface area contributed by atoms with E-state index < -0.39 is 0 Å². The highest BCUT2D eigenvalue weighted by molar-refractivity contribution is 6.30. The van der Waals surface area contributed by atoms with Crippen molar-refractivity contribution in [3.8, 4) is 5.69 Å². The highest BCUT2D eigenvalue weighted by atomic mass is 35.5. The van der Waals surface area contributed by atoms with Crippen LogP contribution in [0.5, 0.6) is 0 Å². The summed E-state index contributed by atoms with van der Waals surface area (Å²) in [5, 5.41) is 9.69. The summed E-state index contributed by atoms with van der Waals surface area (Å²) in [6.07, 6.45) is 3.18. The zero-order chi connectivity index (χ0) is 24.5. The van der Waals surface area contributed by atoms with Crippen LogP contribution in [0.15, 0.2) is 36.5 Å². The first-order chi connectivity index (χ1) is 16.9. The molecule has 2 aliphatic heterocycles. The predicted molar refractivity (Wildman–Crippen MR) is 130 cm³/mol. The van der Waals surface area contributed by atoms with E-state index >= 15 is 0 Å². The fourth-order valence-electron chi connectivity index (χ4n) is 4.67. The Morgan fingerprint density at radius 3 is 2.71 bits per heavy atom. The van der Waals surface area contributed by atoms with Gasteiger partial charge in [0.05, 0.1) is 25.0 Å². The summed E-state index contributed by atoms with van der Waals surface area (Å²) in [6, 6.07) is 8.86. The van der Waals surface area contributed by atoms with Crippen LogP contribution in [-0.2, 0) is 17.8 Å². The van der Waals surface area contributed by atoms with Crippen molar-refractivity contribution in [2.45, 2.75) is 58.2 Å². The van der Waals surface area contributed by atoms with Gasteiger partial charge in [0, 0.05) is 24.0 Å². The van der Waals surface area contributed by atoms with Crippen LogP contribution in [0.1, 0.15) is 56.2 Å². The van der Waals surface area contributed by atoms with E-state index in [9.17, 15) is 9.18 Å². The maximum atomic E-state index is 13.3. The molecule has 0 spiro atoms. The maximum absolute atomic E-state index is 13.3. The lowest BCUT2D eigenvalue weighted by Gasteiger charge is -2.32. The fraction of sp³-hybridized carbons (Fsp3) is 0.440. The van der Waals surface area contributed by atoms with Crippen molar-refractivity contribution in [1.29, 1.82) is 0 Å². The zero-order valence-corrected chi connectivity index (χ0v) is 20.6. The number of hydrogen-bond acceptors (Lipinski definition) is 6. The molecule has 0 radical (unpaired) electrons. The van der Waals surface area contributed by atoms with Crippen LogP contribution in [0.4, 0.5) is 15.0 Å². The number of hydrogen-bond donors (Lipinski definition) is 0. The molecule has 0 bridgehead atoms. The third-order valence-electron chi connectivity index (χ3n) is 6.76. The Morgan fingerprint density at radius 1 is 1.20 bits per heavy atom. The summed E-state index contributed by atoms with van der Waals surface area (Å²) in [5.41, 5.74) is 1.86. The van der Waals surface area contributed by atoms with Crippen molar-refractivity contribution in [2.24, 2.45) is 0 Å². The van der Waals surface area contributed by atoms with E-state index in [1.807, 2.05) is 32.0 Å². The molecule has 2 aromatic heterocycles. The molecule has 1 aromatic carbocycles. The lowest BCUT2D eigenvalue weighted by atomic mass is 9.95. The normalized spacial score (nSPS) is 16.9. The number of aromatic nitrogens is 4.